The van der Waals surface area contributed by atoms with Crippen LogP contribution in [0.2, 0.25) is 0 Å². The van der Waals surface area contributed by atoms with Gasteiger partial charge in [0.05, 0.1) is 12.2 Å². The van der Waals surface area contributed by atoms with Crippen LogP contribution in [0.15, 0.2) is 0 Å². The molecule has 6 heteroatoms. The molecular formula is C15H32O6. The Hall–Kier alpha value is -0.240. The minimum Gasteiger partial charge on any atom is -0.396 e. The molecule has 0 saturated carbocycles. The molecular weight excluding hydrogens is 276 g/mol. The Morgan fingerprint density at radius 2 is 1.48 bits per heavy atom. The van der Waals surface area contributed by atoms with Gasteiger partial charge in [-0.15, -0.1) is 0 Å². The molecule has 128 valence electrons. The van der Waals surface area contributed by atoms with Crippen LogP contribution >= 0.6 is 0 Å². The van der Waals surface area contributed by atoms with Gasteiger partial charge in [-0.1, -0.05) is 39.5 Å². The maximum Gasteiger partial charge on any atom is 0.183 e. The summed E-state index contributed by atoms with van der Waals surface area (Å²) in [5, 5.41) is 47.6. The van der Waals surface area contributed by atoms with Gasteiger partial charge >= 0.3 is 0 Å². The highest BCUT2D eigenvalue weighted by atomic mass is 16.6. The van der Waals surface area contributed by atoms with Crippen molar-refractivity contribution < 1.29 is 30.3 Å². The third kappa shape index (κ3) is 8.70. The van der Waals surface area contributed by atoms with Gasteiger partial charge in [-0.25, -0.2) is 0 Å². The number of rotatable bonds is 13. The first-order valence-corrected chi connectivity index (χ1v) is 7.96. The van der Waals surface area contributed by atoms with Crippen molar-refractivity contribution in [2.24, 2.45) is 0 Å². The highest BCUT2D eigenvalue weighted by Gasteiger charge is 2.31. The van der Waals surface area contributed by atoms with E-state index in [2.05, 4.69) is 6.92 Å². The van der Waals surface area contributed by atoms with E-state index in [0.717, 1.165) is 38.5 Å². The molecule has 0 radical (unpaired) electrons. The van der Waals surface area contributed by atoms with Crippen molar-refractivity contribution in [3.05, 3.63) is 0 Å². The normalized spacial score (nSPS) is 19.0. The predicted octanol–water partition coefficient (Wildman–Crippen LogP) is 0.535. The fraction of sp³-hybridized carbons (Fsp3) is 1.00. The highest BCUT2D eigenvalue weighted by Crippen LogP contribution is 2.17. The Morgan fingerprint density at radius 3 is 2.00 bits per heavy atom. The maximum atomic E-state index is 9.85. The number of unbranched alkanes of at least 4 members (excludes halogenated alkanes) is 2. The monoisotopic (exact) mass is 308 g/mol. The lowest BCUT2D eigenvalue weighted by atomic mass is 10.0. The van der Waals surface area contributed by atoms with E-state index >= 15 is 0 Å². The fourth-order valence-corrected chi connectivity index (χ4v) is 2.20. The minimum atomic E-state index is -1.60. The molecule has 0 aromatic heterocycles. The van der Waals surface area contributed by atoms with E-state index in [1.54, 1.807) is 0 Å². The first-order chi connectivity index (χ1) is 9.97. The zero-order valence-electron chi connectivity index (χ0n) is 13.2. The predicted molar refractivity (Wildman–Crippen MR) is 79.7 cm³/mol. The lowest BCUT2D eigenvalue weighted by molar-refractivity contribution is -0.222. The molecule has 0 heterocycles. The largest absolute Gasteiger partial charge is 0.396 e. The summed E-state index contributed by atoms with van der Waals surface area (Å²) in [7, 11) is 0. The third-order valence-corrected chi connectivity index (χ3v) is 3.53. The van der Waals surface area contributed by atoms with Crippen molar-refractivity contribution >= 4 is 0 Å². The number of aliphatic hydroxyl groups is 5. The van der Waals surface area contributed by atoms with Gasteiger partial charge in [0.15, 0.2) is 6.29 Å². The van der Waals surface area contributed by atoms with E-state index < -0.39 is 24.6 Å². The van der Waals surface area contributed by atoms with Gasteiger partial charge in [-0.2, -0.15) is 0 Å². The molecule has 5 unspecified atom stereocenters. The lowest BCUT2D eigenvalue weighted by Gasteiger charge is -2.29. The highest BCUT2D eigenvalue weighted by molar-refractivity contribution is 4.77. The van der Waals surface area contributed by atoms with Crippen molar-refractivity contribution in [1.82, 2.24) is 0 Å². The van der Waals surface area contributed by atoms with Gasteiger partial charge in [-0.3, -0.25) is 0 Å². The molecule has 0 saturated heterocycles. The van der Waals surface area contributed by atoms with Crippen LogP contribution in [0.25, 0.3) is 0 Å². The van der Waals surface area contributed by atoms with E-state index in [1.807, 2.05) is 6.92 Å². The standard InChI is InChI=1S/C15H32O6/c1-3-5-6-8-11(7-4-2)21-15(20)14(19)13(18)12(17)9-10-16/h11-20H,3-10H2,1-2H3. The van der Waals surface area contributed by atoms with Gasteiger partial charge in [0.25, 0.3) is 0 Å². The number of ether oxygens (including phenoxy) is 1. The molecule has 21 heavy (non-hydrogen) atoms. The summed E-state index contributed by atoms with van der Waals surface area (Å²) in [6, 6.07) is 0. The first-order valence-electron chi connectivity index (χ1n) is 7.96. The van der Waals surface area contributed by atoms with Crippen LogP contribution in [0, 0.1) is 0 Å². The smallest absolute Gasteiger partial charge is 0.183 e. The van der Waals surface area contributed by atoms with Crippen LogP contribution < -0.4 is 0 Å². The lowest BCUT2D eigenvalue weighted by Crippen LogP contribution is -2.46. The zero-order chi connectivity index (χ0) is 16.3. The van der Waals surface area contributed by atoms with E-state index in [-0.39, 0.29) is 19.1 Å². The summed E-state index contributed by atoms with van der Waals surface area (Å²) in [4.78, 5) is 0. The summed E-state index contributed by atoms with van der Waals surface area (Å²) in [6.45, 7) is 3.81. The second-order valence-corrected chi connectivity index (χ2v) is 5.49. The molecule has 0 rings (SSSR count). The average molecular weight is 308 g/mol. The molecule has 5 atom stereocenters. The SMILES string of the molecule is CCCCCC(CCC)OC(O)C(O)C(O)C(O)CCO. The first kappa shape index (κ1) is 20.8. The Morgan fingerprint density at radius 1 is 0.810 bits per heavy atom. The second-order valence-electron chi connectivity index (χ2n) is 5.49. The van der Waals surface area contributed by atoms with E-state index in [9.17, 15) is 20.4 Å². The zero-order valence-corrected chi connectivity index (χ0v) is 13.2. The number of hydrogen-bond donors (Lipinski definition) is 5. The number of aliphatic hydroxyl groups excluding tert-OH is 5. The molecule has 0 aromatic rings. The van der Waals surface area contributed by atoms with Crippen molar-refractivity contribution in [2.45, 2.75) is 89.5 Å². The van der Waals surface area contributed by atoms with Crippen LogP contribution in [0.1, 0.15) is 58.8 Å². The van der Waals surface area contributed by atoms with E-state index in [0.29, 0.717) is 0 Å². The van der Waals surface area contributed by atoms with Crippen LogP contribution in [-0.2, 0) is 4.74 Å². The third-order valence-electron chi connectivity index (χ3n) is 3.53. The van der Waals surface area contributed by atoms with Gasteiger partial charge < -0.3 is 30.3 Å². The molecule has 0 aliphatic rings. The molecule has 5 N–H and O–H groups in total. The molecule has 0 aromatic carbocycles. The summed E-state index contributed by atoms with van der Waals surface area (Å²) in [6.07, 6.45) is -0.621. The Labute approximate surface area is 127 Å². The molecule has 0 aliphatic heterocycles. The van der Waals surface area contributed by atoms with Crippen LogP contribution in [0.4, 0.5) is 0 Å². The number of hydrogen-bond acceptors (Lipinski definition) is 6. The molecule has 0 fully saturated rings. The molecule has 0 amide bonds. The molecule has 6 nitrogen and oxygen atoms in total. The topological polar surface area (TPSA) is 110 Å². The summed E-state index contributed by atoms with van der Waals surface area (Å²) < 4.78 is 5.42. The second kappa shape index (κ2) is 12.3. The maximum absolute atomic E-state index is 9.85. The van der Waals surface area contributed by atoms with Gasteiger partial charge in [0, 0.05) is 6.61 Å². The van der Waals surface area contributed by atoms with Gasteiger partial charge in [0.1, 0.15) is 12.2 Å². The van der Waals surface area contributed by atoms with Crippen molar-refractivity contribution in [3.8, 4) is 0 Å². The van der Waals surface area contributed by atoms with Crippen molar-refractivity contribution in [2.75, 3.05) is 6.61 Å². The Balaban J connectivity index is 4.33. The Kier molecular flexibility index (Phi) is 12.2. The van der Waals surface area contributed by atoms with Gasteiger partial charge in [0.2, 0.25) is 0 Å². The van der Waals surface area contributed by atoms with Crippen molar-refractivity contribution in [3.63, 3.8) is 0 Å². The quantitative estimate of drug-likeness (QED) is 0.251. The summed E-state index contributed by atoms with van der Waals surface area (Å²) >= 11 is 0. The van der Waals surface area contributed by atoms with Crippen molar-refractivity contribution in [1.29, 1.82) is 0 Å². The Bertz CT molecular complexity index is 238. The molecule has 0 bridgehead atoms. The van der Waals surface area contributed by atoms with Crippen LogP contribution in [0.3, 0.4) is 0 Å². The molecule has 0 spiro atoms. The average Bonchev–Trinajstić information content (AvgIpc) is 2.46. The summed E-state index contributed by atoms with van der Waals surface area (Å²) in [5.74, 6) is 0. The fourth-order valence-electron chi connectivity index (χ4n) is 2.20. The van der Waals surface area contributed by atoms with E-state index in [1.165, 1.54) is 0 Å². The minimum absolute atomic E-state index is 0.0696. The molecule has 0 aliphatic carbocycles. The summed E-state index contributed by atoms with van der Waals surface area (Å²) in [5.41, 5.74) is 0. The van der Waals surface area contributed by atoms with E-state index in [4.69, 9.17) is 9.84 Å². The van der Waals surface area contributed by atoms with Gasteiger partial charge in [-0.05, 0) is 19.3 Å². The van der Waals surface area contributed by atoms with Crippen LogP contribution in [-0.4, -0.2) is 62.8 Å². The van der Waals surface area contributed by atoms with Crippen LogP contribution in [0.5, 0.6) is 0 Å².